The lowest BCUT2D eigenvalue weighted by molar-refractivity contribution is -0.136. The average molecular weight is 332 g/mol. The predicted molar refractivity (Wildman–Crippen MR) is 94.2 cm³/mol. The lowest BCUT2D eigenvalue weighted by atomic mass is 10.0. The van der Waals surface area contributed by atoms with E-state index in [9.17, 15) is 9.59 Å². The number of carbonyl (C=O) groups excluding carboxylic acids is 1. The molecule has 0 bridgehead atoms. The predicted octanol–water partition coefficient (Wildman–Crippen LogP) is 4.34. The van der Waals surface area contributed by atoms with Gasteiger partial charge >= 0.3 is 5.97 Å². The highest BCUT2D eigenvalue weighted by molar-refractivity contribution is 6.09. The van der Waals surface area contributed by atoms with E-state index < -0.39 is 5.97 Å². The van der Waals surface area contributed by atoms with E-state index in [4.69, 9.17) is 9.84 Å². The maximum absolute atomic E-state index is 12.5. The van der Waals surface area contributed by atoms with Crippen molar-refractivity contribution in [1.29, 1.82) is 0 Å². The minimum absolute atomic E-state index is 0.0927. The first-order chi connectivity index (χ1) is 12.1. The Labute approximate surface area is 145 Å². The van der Waals surface area contributed by atoms with Gasteiger partial charge in [0.1, 0.15) is 11.5 Å². The van der Waals surface area contributed by atoms with Crippen LogP contribution in [0.2, 0.25) is 0 Å². The molecule has 25 heavy (non-hydrogen) atoms. The number of para-hydroxylation sites is 1. The van der Waals surface area contributed by atoms with Gasteiger partial charge in [-0.25, -0.2) is 0 Å². The third-order valence-electron chi connectivity index (χ3n) is 3.67. The molecule has 0 aliphatic rings. The molecular weight excluding hydrogens is 316 g/mol. The van der Waals surface area contributed by atoms with Crippen LogP contribution in [0.4, 0.5) is 0 Å². The normalized spacial score (nSPS) is 10.2. The molecule has 1 N–H and O–H groups in total. The zero-order valence-corrected chi connectivity index (χ0v) is 13.4. The van der Waals surface area contributed by atoms with Gasteiger partial charge in [0.05, 0.1) is 6.42 Å². The maximum Gasteiger partial charge on any atom is 0.307 e. The van der Waals surface area contributed by atoms with Crippen molar-refractivity contribution in [3.8, 4) is 11.5 Å². The lowest BCUT2D eigenvalue weighted by Crippen LogP contribution is -2.03. The van der Waals surface area contributed by atoms with Crippen LogP contribution in [-0.2, 0) is 11.2 Å². The fraction of sp³-hybridized carbons (Fsp3) is 0.0476. The van der Waals surface area contributed by atoms with Crippen molar-refractivity contribution in [2.24, 2.45) is 0 Å². The number of carboxylic acid groups (broad SMARTS) is 1. The molecule has 0 aliphatic carbocycles. The molecule has 124 valence electrons. The van der Waals surface area contributed by atoms with E-state index in [-0.39, 0.29) is 12.2 Å². The summed E-state index contributed by atoms with van der Waals surface area (Å²) in [6.45, 7) is 0. The summed E-state index contributed by atoms with van der Waals surface area (Å²) in [5.41, 5.74) is 1.69. The third kappa shape index (κ3) is 4.12. The van der Waals surface area contributed by atoms with Crippen LogP contribution < -0.4 is 4.74 Å². The summed E-state index contributed by atoms with van der Waals surface area (Å²) < 4.78 is 5.82. The molecule has 3 rings (SSSR count). The van der Waals surface area contributed by atoms with Crippen LogP contribution in [0.5, 0.6) is 11.5 Å². The average Bonchev–Trinajstić information content (AvgIpc) is 2.63. The van der Waals surface area contributed by atoms with Crippen LogP contribution in [0, 0.1) is 0 Å². The number of rotatable bonds is 6. The van der Waals surface area contributed by atoms with E-state index in [0.29, 0.717) is 28.2 Å². The fourth-order valence-electron chi connectivity index (χ4n) is 2.50. The van der Waals surface area contributed by atoms with E-state index in [1.165, 1.54) is 0 Å². The van der Waals surface area contributed by atoms with Crippen molar-refractivity contribution in [2.75, 3.05) is 0 Å². The van der Waals surface area contributed by atoms with E-state index >= 15 is 0 Å². The van der Waals surface area contributed by atoms with E-state index in [1.54, 1.807) is 60.7 Å². The lowest BCUT2D eigenvalue weighted by Gasteiger charge is -2.11. The van der Waals surface area contributed by atoms with Gasteiger partial charge in [0.25, 0.3) is 0 Å². The minimum atomic E-state index is -0.927. The molecule has 4 nitrogen and oxygen atoms in total. The summed E-state index contributed by atoms with van der Waals surface area (Å²) in [5, 5.41) is 9.00. The van der Waals surface area contributed by atoms with Crippen LogP contribution in [-0.4, -0.2) is 16.9 Å². The fourth-order valence-corrected chi connectivity index (χ4v) is 2.50. The van der Waals surface area contributed by atoms with Gasteiger partial charge in [-0.05, 0) is 18.2 Å². The first-order valence-corrected chi connectivity index (χ1v) is 7.81. The number of ketones is 1. The number of hydrogen-bond acceptors (Lipinski definition) is 3. The van der Waals surface area contributed by atoms with Crippen molar-refractivity contribution in [3.05, 3.63) is 95.6 Å². The highest BCUT2D eigenvalue weighted by atomic mass is 16.5. The molecule has 0 radical (unpaired) electrons. The molecule has 0 atom stereocenters. The van der Waals surface area contributed by atoms with Crippen LogP contribution in [0.25, 0.3) is 0 Å². The zero-order valence-electron chi connectivity index (χ0n) is 13.4. The zero-order chi connectivity index (χ0) is 17.6. The Kier molecular flexibility index (Phi) is 4.90. The monoisotopic (exact) mass is 332 g/mol. The summed E-state index contributed by atoms with van der Waals surface area (Å²) in [6.07, 6.45) is -0.126. The number of carboxylic acids is 1. The minimum Gasteiger partial charge on any atom is -0.481 e. The van der Waals surface area contributed by atoms with Crippen LogP contribution in [0.15, 0.2) is 78.9 Å². The van der Waals surface area contributed by atoms with Gasteiger partial charge in [-0.1, -0.05) is 60.7 Å². The Morgan fingerprint density at radius 3 is 2.24 bits per heavy atom. The Hall–Kier alpha value is -3.40. The molecule has 3 aromatic carbocycles. The second-order valence-corrected chi connectivity index (χ2v) is 5.50. The molecular formula is C21H16O4. The summed E-state index contributed by atoms with van der Waals surface area (Å²) in [4.78, 5) is 23.5. The second kappa shape index (κ2) is 7.45. The third-order valence-corrected chi connectivity index (χ3v) is 3.67. The molecule has 0 spiro atoms. The van der Waals surface area contributed by atoms with Crippen molar-refractivity contribution >= 4 is 11.8 Å². The van der Waals surface area contributed by atoms with Gasteiger partial charge in [-0.2, -0.15) is 0 Å². The largest absolute Gasteiger partial charge is 0.481 e. The van der Waals surface area contributed by atoms with E-state index in [1.807, 2.05) is 18.2 Å². The van der Waals surface area contributed by atoms with Crippen LogP contribution in [0.3, 0.4) is 0 Å². The molecule has 0 aliphatic heterocycles. The maximum atomic E-state index is 12.5. The van der Waals surface area contributed by atoms with Crippen LogP contribution in [0.1, 0.15) is 21.5 Å². The molecule has 0 saturated carbocycles. The quantitative estimate of drug-likeness (QED) is 0.682. The number of carbonyl (C=O) groups is 2. The first kappa shape index (κ1) is 16.5. The summed E-state index contributed by atoms with van der Waals surface area (Å²) >= 11 is 0. The van der Waals surface area contributed by atoms with E-state index in [0.717, 1.165) is 0 Å². The van der Waals surface area contributed by atoms with Gasteiger partial charge in [0.15, 0.2) is 5.78 Å². The Balaban J connectivity index is 1.86. The van der Waals surface area contributed by atoms with Crippen molar-refractivity contribution in [3.63, 3.8) is 0 Å². The molecule has 4 heteroatoms. The summed E-state index contributed by atoms with van der Waals surface area (Å²) in [7, 11) is 0. The second-order valence-electron chi connectivity index (χ2n) is 5.50. The Morgan fingerprint density at radius 1 is 0.800 bits per heavy atom. The SMILES string of the molecule is O=C(O)Cc1ccccc1Oc1cccc(C(=O)c2ccccc2)c1. The smallest absolute Gasteiger partial charge is 0.307 e. The number of ether oxygens (including phenoxy) is 1. The molecule has 0 unspecified atom stereocenters. The first-order valence-electron chi connectivity index (χ1n) is 7.81. The van der Waals surface area contributed by atoms with Gasteiger partial charge < -0.3 is 9.84 Å². The van der Waals surface area contributed by atoms with Gasteiger partial charge in [-0.15, -0.1) is 0 Å². The number of aliphatic carboxylic acids is 1. The van der Waals surface area contributed by atoms with Gasteiger partial charge in [0, 0.05) is 16.7 Å². The van der Waals surface area contributed by atoms with Crippen molar-refractivity contribution < 1.29 is 19.4 Å². The van der Waals surface area contributed by atoms with Crippen molar-refractivity contribution in [1.82, 2.24) is 0 Å². The molecule has 0 heterocycles. The molecule has 0 aromatic heterocycles. The summed E-state index contributed by atoms with van der Waals surface area (Å²) in [6, 6.07) is 22.8. The highest BCUT2D eigenvalue weighted by Crippen LogP contribution is 2.27. The Morgan fingerprint density at radius 2 is 1.48 bits per heavy atom. The Bertz CT molecular complexity index is 901. The molecule has 0 fully saturated rings. The van der Waals surface area contributed by atoms with Gasteiger partial charge in [0.2, 0.25) is 0 Å². The summed E-state index contributed by atoms with van der Waals surface area (Å²) in [5.74, 6) is -0.0669. The standard InChI is InChI=1S/C21H16O4/c22-20(23)14-16-9-4-5-12-19(16)25-18-11-6-10-17(13-18)21(24)15-7-2-1-3-8-15/h1-13H,14H2,(H,22,23). The molecule has 0 saturated heterocycles. The number of hydrogen-bond donors (Lipinski definition) is 1. The highest BCUT2D eigenvalue weighted by Gasteiger charge is 2.11. The van der Waals surface area contributed by atoms with Crippen LogP contribution >= 0.6 is 0 Å². The van der Waals surface area contributed by atoms with Crippen molar-refractivity contribution in [2.45, 2.75) is 6.42 Å². The topological polar surface area (TPSA) is 63.6 Å². The number of benzene rings is 3. The molecule has 0 amide bonds. The van der Waals surface area contributed by atoms with Gasteiger partial charge in [-0.3, -0.25) is 9.59 Å². The molecule has 3 aromatic rings. The van der Waals surface area contributed by atoms with E-state index in [2.05, 4.69) is 0 Å².